The third kappa shape index (κ3) is 4.17. The van der Waals surface area contributed by atoms with Crippen LogP contribution < -0.4 is 9.64 Å². The van der Waals surface area contributed by atoms with Gasteiger partial charge in [-0.05, 0) is 50.6 Å². The molecule has 1 aromatic carbocycles. The number of esters is 1. The second-order valence-corrected chi connectivity index (χ2v) is 13.0. The number of aliphatic hydroxyl groups excluding tert-OH is 1. The quantitative estimate of drug-likeness (QED) is 0.259. The minimum atomic E-state index is -3.21. The Morgan fingerprint density at radius 3 is 2.62 bits per heavy atom. The molecule has 1 aromatic rings. The van der Waals surface area contributed by atoms with Gasteiger partial charge in [0.1, 0.15) is 5.75 Å². The largest absolute Gasteiger partial charge is 0.497 e. The number of anilines is 1. The van der Waals surface area contributed by atoms with Gasteiger partial charge >= 0.3 is 5.97 Å². The summed E-state index contributed by atoms with van der Waals surface area (Å²) in [4.78, 5) is 27.0. The minimum Gasteiger partial charge on any atom is -0.497 e. The van der Waals surface area contributed by atoms with E-state index in [1.54, 1.807) is 31.2 Å². The predicted molar refractivity (Wildman–Crippen MR) is 121 cm³/mol. The van der Waals surface area contributed by atoms with Crippen LogP contribution in [0.15, 0.2) is 18.2 Å². The summed E-state index contributed by atoms with van der Waals surface area (Å²) in [6.45, 7) is 5.44. The molecule has 1 amide bonds. The molecule has 0 aromatic heterocycles. The van der Waals surface area contributed by atoms with E-state index in [1.165, 1.54) is 7.11 Å². The lowest BCUT2D eigenvalue weighted by Crippen LogP contribution is -2.45. The van der Waals surface area contributed by atoms with Crippen molar-refractivity contribution in [1.82, 2.24) is 0 Å². The van der Waals surface area contributed by atoms with Crippen molar-refractivity contribution in [2.45, 2.75) is 62.9 Å². The van der Waals surface area contributed by atoms with Gasteiger partial charge in [0.2, 0.25) is 8.41 Å². The Balaban J connectivity index is 1.99. The molecule has 9 heteroatoms. The van der Waals surface area contributed by atoms with Gasteiger partial charge in [-0.25, -0.2) is 0 Å². The molecule has 1 saturated heterocycles. The number of hydrogen-bond donors (Lipinski definition) is 1. The highest BCUT2D eigenvalue weighted by molar-refractivity contribution is 6.72. The zero-order valence-corrected chi connectivity index (χ0v) is 20.5. The Hall–Kier alpha value is -1.97. The van der Waals surface area contributed by atoms with Crippen LogP contribution in [0.1, 0.15) is 38.2 Å². The summed E-state index contributed by atoms with van der Waals surface area (Å²) in [6.07, 6.45) is 1.23. The fourth-order valence-corrected chi connectivity index (χ4v) is 7.96. The molecule has 2 aliphatic heterocycles. The molecule has 178 valence electrons. The van der Waals surface area contributed by atoms with Crippen molar-refractivity contribution in [3.8, 4) is 5.75 Å². The van der Waals surface area contributed by atoms with Crippen LogP contribution in [0.4, 0.5) is 9.80 Å². The van der Waals surface area contributed by atoms with Crippen LogP contribution in [0.25, 0.3) is 0 Å². The minimum absolute atomic E-state index is 0.134. The van der Waals surface area contributed by atoms with Crippen molar-refractivity contribution in [3.05, 3.63) is 23.8 Å². The third-order valence-electron chi connectivity index (χ3n) is 6.82. The van der Waals surface area contributed by atoms with E-state index >= 15 is 4.11 Å². The number of methoxy groups -OCH3 is 2. The van der Waals surface area contributed by atoms with Crippen LogP contribution in [0.5, 0.6) is 5.75 Å². The number of unbranched alkanes of at least 4 members (excludes halogenated alkanes) is 1. The molecule has 7 nitrogen and oxygen atoms in total. The Morgan fingerprint density at radius 1 is 1.31 bits per heavy atom. The molecular weight excluding hydrogens is 433 g/mol. The number of aliphatic hydroxyl groups is 1. The summed E-state index contributed by atoms with van der Waals surface area (Å²) >= 11 is 0. The number of fused-ring (bicyclic) bond motifs is 2. The van der Waals surface area contributed by atoms with E-state index in [-0.39, 0.29) is 31.3 Å². The number of amides is 1. The Morgan fingerprint density at radius 2 is 2.03 bits per heavy atom. The van der Waals surface area contributed by atoms with Crippen molar-refractivity contribution >= 4 is 26.0 Å². The van der Waals surface area contributed by atoms with Crippen LogP contribution in [0.2, 0.25) is 18.6 Å². The van der Waals surface area contributed by atoms with Crippen molar-refractivity contribution < 1.29 is 33.0 Å². The molecular formula is C23H34FNO6Si. The molecule has 0 saturated carbocycles. The molecule has 2 aliphatic rings. The van der Waals surface area contributed by atoms with Gasteiger partial charge in [0.05, 0.1) is 26.0 Å². The average molecular weight is 468 g/mol. The first kappa shape index (κ1) is 24.7. The van der Waals surface area contributed by atoms with Crippen molar-refractivity contribution in [2.75, 3.05) is 32.3 Å². The summed E-state index contributed by atoms with van der Waals surface area (Å²) < 4.78 is 32.0. The van der Waals surface area contributed by atoms with Gasteiger partial charge in [-0.15, -0.1) is 0 Å². The molecule has 0 unspecified atom stereocenters. The lowest BCUT2D eigenvalue weighted by atomic mass is 9.82. The fourth-order valence-electron chi connectivity index (χ4n) is 5.41. The van der Waals surface area contributed by atoms with Gasteiger partial charge in [-0.1, -0.05) is 6.92 Å². The molecule has 1 N–H and O–H groups in total. The maximum absolute atomic E-state index is 15.4. The van der Waals surface area contributed by atoms with Gasteiger partial charge in [0.25, 0.3) is 5.91 Å². The summed E-state index contributed by atoms with van der Waals surface area (Å²) in [5.74, 6) is -0.297. The van der Waals surface area contributed by atoms with E-state index in [2.05, 4.69) is 4.74 Å². The smallest absolute Gasteiger partial charge is 0.305 e. The van der Waals surface area contributed by atoms with Gasteiger partial charge in [-0.3, -0.25) is 9.59 Å². The number of ether oxygens (including phenoxy) is 3. The van der Waals surface area contributed by atoms with Crippen LogP contribution in [-0.2, 0) is 24.7 Å². The van der Waals surface area contributed by atoms with Gasteiger partial charge < -0.3 is 28.3 Å². The second-order valence-electron chi connectivity index (χ2n) is 9.16. The summed E-state index contributed by atoms with van der Waals surface area (Å²) in [5, 5.41) is 9.59. The molecule has 0 aliphatic carbocycles. The number of rotatable bonds is 9. The zero-order valence-electron chi connectivity index (χ0n) is 19.5. The molecule has 1 spiro atoms. The molecule has 3 rings (SSSR count). The Labute approximate surface area is 190 Å². The van der Waals surface area contributed by atoms with E-state index in [0.29, 0.717) is 30.7 Å². The number of carbonyl (C=O) groups is 2. The van der Waals surface area contributed by atoms with Gasteiger partial charge in [0.15, 0.2) is 5.60 Å². The SMILES string of the molecule is COC(=O)CCCCN1C(=O)[C@]2(O[C@H](CCO)[C@@H]([Si](C)(C)F)[C@@H]2C)c2cc(OC)ccc21. The predicted octanol–water partition coefficient (Wildman–Crippen LogP) is 3.54. The maximum Gasteiger partial charge on any atom is 0.305 e. The monoisotopic (exact) mass is 467 g/mol. The first-order valence-corrected chi connectivity index (χ1v) is 14.1. The van der Waals surface area contributed by atoms with Crippen LogP contribution in [0, 0.1) is 5.92 Å². The molecule has 0 bridgehead atoms. The lowest BCUT2D eigenvalue weighted by molar-refractivity contribution is -0.146. The summed E-state index contributed by atoms with van der Waals surface area (Å²) in [7, 11) is -0.300. The van der Waals surface area contributed by atoms with E-state index in [9.17, 15) is 14.7 Å². The van der Waals surface area contributed by atoms with E-state index in [0.717, 1.165) is 5.69 Å². The van der Waals surface area contributed by atoms with Crippen LogP contribution in [-0.4, -0.2) is 58.9 Å². The van der Waals surface area contributed by atoms with Gasteiger partial charge in [-0.2, -0.15) is 0 Å². The molecule has 0 radical (unpaired) electrons. The fraction of sp³-hybridized carbons (Fsp3) is 0.652. The van der Waals surface area contributed by atoms with Crippen molar-refractivity contribution in [2.24, 2.45) is 5.92 Å². The van der Waals surface area contributed by atoms with Crippen molar-refractivity contribution in [3.63, 3.8) is 0 Å². The number of halogens is 1. The van der Waals surface area contributed by atoms with Crippen molar-refractivity contribution in [1.29, 1.82) is 0 Å². The zero-order chi connectivity index (χ0) is 23.7. The maximum atomic E-state index is 15.4. The highest BCUT2D eigenvalue weighted by Crippen LogP contribution is 2.60. The standard InChI is InChI=1S/C23H34FNO6Si/c1-15-21(32(4,5)24)19(11-13-26)31-23(15)17-14-16(29-2)9-10-18(17)25(22(23)28)12-7-6-8-20(27)30-3/h9-10,14-15,19,21,26H,6-8,11-13H2,1-5H3/t15-,19+,21-,23+/m0/s1. The van der Waals surface area contributed by atoms with E-state index in [1.807, 2.05) is 19.1 Å². The average Bonchev–Trinajstić information content (AvgIpc) is 3.17. The molecule has 32 heavy (non-hydrogen) atoms. The Bertz CT molecular complexity index is 859. The Kier molecular flexibility index (Phi) is 7.31. The first-order chi connectivity index (χ1) is 15.1. The second kappa shape index (κ2) is 9.49. The van der Waals surface area contributed by atoms with Crippen LogP contribution >= 0.6 is 0 Å². The number of carbonyl (C=O) groups excluding carboxylic acids is 2. The summed E-state index contributed by atoms with van der Waals surface area (Å²) in [6, 6.07) is 5.44. The molecule has 2 heterocycles. The number of hydrogen-bond acceptors (Lipinski definition) is 6. The number of benzene rings is 1. The lowest BCUT2D eigenvalue weighted by Gasteiger charge is -2.31. The molecule has 4 atom stereocenters. The first-order valence-electron chi connectivity index (χ1n) is 11.2. The normalized spacial score (nSPS) is 27.2. The third-order valence-corrected chi connectivity index (χ3v) is 9.28. The van der Waals surface area contributed by atoms with E-state index in [4.69, 9.17) is 9.47 Å². The summed E-state index contributed by atoms with van der Waals surface area (Å²) in [5.41, 5.74) is -0.335. The highest BCUT2D eigenvalue weighted by Gasteiger charge is 2.66. The highest BCUT2D eigenvalue weighted by atomic mass is 28.4. The van der Waals surface area contributed by atoms with Crippen LogP contribution in [0.3, 0.4) is 0 Å². The van der Waals surface area contributed by atoms with E-state index < -0.39 is 31.6 Å². The molecule has 1 fully saturated rings. The number of nitrogens with zero attached hydrogens (tertiary/aromatic N) is 1. The van der Waals surface area contributed by atoms with Gasteiger partial charge in [0, 0.05) is 36.6 Å². The topological polar surface area (TPSA) is 85.3 Å².